The van der Waals surface area contributed by atoms with E-state index in [0.29, 0.717) is 0 Å². The zero-order chi connectivity index (χ0) is 13.7. The highest BCUT2D eigenvalue weighted by atomic mass is 32.2. The minimum Gasteiger partial charge on any atom is -0.295 e. The molecule has 1 aromatic carbocycles. The first-order chi connectivity index (χ1) is 8.23. The number of fused-ring (bicyclic) bond motifs is 1. The van der Waals surface area contributed by atoms with E-state index in [0.717, 1.165) is 6.26 Å². The van der Waals surface area contributed by atoms with Crippen molar-refractivity contribution in [3.63, 3.8) is 0 Å². The van der Waals surface area contributed by atoms with Gasteiger partial charge in [0, 0.05) is 5.56 Å². The van der Waals surface area contributed by atoms with Gasteiger partial charge in [-0.3, -0.25) is 14.4 Å². The molecule has 2 amide bonds. The first kappa shape index (κ1) is 12.4. The van der Waals surface area contributed by atoms with Crippen LogP contribution < -0.4 is 0 Å². The van der Waals surface area contributed by atoms with Crippen molar-refractivity contribution in [2.75, 3.05) is 6.26 Å². The molecule has 7 heteroatoms. The summed E-state index contributed by atoms with van der Waals surface area (Å²) < 4.78 is 22.9. The third-order valence-corrected chi connectivity index (χ3v) is 3.58. The number of ketones is 1. The number of carbonyl (C=O) groups excluding carboxylic acids is 3. The Morgan fingerprint density at radius 3 is 2.17 bits per heavy atom. The maximum atomic E-state index is 11.8. The highest BCUT2D eigenvalue weighted by molar-refractivity contribution is 7.89. The molecule has 1 aliphatic rings. The van der Waals surface area contributed by atoms with E-state index in [1.165, 1.54) is 25.1 Å². The fourth-order valence-corrected chi connectivity index (χ4v) is 2.54. The largest absolute Gasteiger partial charge is 0.295 e. The van der Waals surface area contributed by atoms with Gasteiger partial charge in [0.15, 0.2) is 5.78 Å². The Balaban J connectivity index is 2.63. The van der Waals surface area contributed by atoms with Crippen LogP contribution >= 0.6 is 0 Å². The summed E-state index contributed by atoms with van der Waals surface area (Å²) in [5, 5.41) is 0. The summed E-state index contributed by atoms with van der Waals surface area (Å²) in [6.07, 6.45) is 0.778. The van der Waals surface area contributed by atoms with Crippen LogP contribution in [0.4, 0.5) is 0 Å². The Labute approximate surface area is 103 Å². The maximum Gasteiger partial charge on any atom is 0.275 e. The quantitative estimate of drug-likeness (QED) is 0.573. The smallest absolute Gasteiger partial charge is 0.275 e. The van der Waals surface area contributed by atoms with Crippen molar-refractivity contribution in [3.05, 3.63) is 34.9 Å². The van der Waals surface area contributed by atoms with E-state index in [-0.39, 0.29) is 26.8 Å². The Morgan fingerprint density at radius 1 is 1.11 bits per heavy atom. The molecule has 18 heavy (non-hydrogen) atoms. The maximum absolute atomic E-state index is 11.8. The number of nitrogens with zero attached hydrogens (tertiary/aromatic N) is 1. The zero-order valence-electron chi connectivity index (χ0n) is 9.63. The van der Waals surface area contributed by atoms with Gasteiger partial charge in [0.2, 0.25) is 10.0 Å². The Kier molecular flexibility index (Phi) is 2.58. The molecule has 0 atom stereocenters. The predicted molar refractivity (Wildman–Crippen MR) is 61.8 cm³/mol. The summed E-state index contributed by atoms with van der Waals surface area (Å²) in [5.41, 5.74) is 0.193. The van der Waals surface area contributed by atoms with Crippen LogP contribution in [0.15, 0.2) is 18.2 Å². The fourth-order valence-electron chi connectivity index (χ4n) is 1.74. The van der Waals surface area contributed by atoms with E-state index in [4.69, 9.17) is 0 Å². The molecule has 0 N–H and O–H groups in total. The van der Waals surface area contributed by atoms with Crippen molar-refractivity contribution < 1.29 is 22.8 Å². The number of Topliss-reactive ketones (excluding diaryl/α,β-unsaturated/α-hetero) is 1. The second-order valence-corrected chi connectivity index (χ2v) is 5.79. The van der Waals surface area contributed by atoms with E-state index < -0.39 is 21.8 Å². The molecule has 0 saturated heterocycles. The lowest BCUT2D eigenvalue weighted by Crippen LogP contribution is -2.35. The fraction of sp³-hybridized carbons (Fsp3) is 0.182. The minimum absolute atomic E-state index is 0.00424. The first-order valence-corrected chi connectivity index (χ1v) is 6.82. The summed E-state index contributed by atoms with van der Waals surface area (Å²) in [6, 6.07) is 3.92. The summed E-state index contributed by atoms with van der Waals surface area (Å²) in [4.78, 5) is 34.8. The molecule has 0 spiro atoms. The molecule has 6 nitrogen and oxygen atoms in total. The third-order valence-electron chi connectivity index (χ3n) is 2.59. The van der Waals surface area contributed by atoms with Gasteiger partial charge < -0.3 is 0 Å². The van der Waals surface area contributed by atoms with Crippen LogP contribution in [0.2, 0.25) is 0 Å². The molecule has 94 valence electrons. The topological polar surface area (TPSA) is 88.6 Å². The molecular formula is C11H9NO5S. The van der Waals surface area contributed by atoms with Gasteiger partial charge in [0.1, 0.15) is 0 Å². The van der Waals surface area contributed by atoms with Crippen molar-refractivity contribution in [1.82, 2.24) is 4.31 Å². The van der Waals surface area contributed by atoms with Crippen LogP contribution in [0, 0.1) is 0 Å². The van der Waals surface area contributed by atoms with Crippen molar-refractivity contribution in [1.29, 1.82) is 0 Å². The number of sulfonamides is 1. The van der Waals surface area contributed by atoms with Crippen LogP contribution in [0.25, 0.3) is 0 Å². The number of hydrogen-bond donors (Lipinski definition) is 0. The van der Waals surface area contributed by atoms with E-state index in [9.17, 15) is 22.8 Å². The molecule has 0 radical (unpaired) electrons. The average Bonchev–Trinajstić information content (AvgIpc) is 2.50. The number of amides is 2. The number of carbonyl (C=O) groups is 3. The standard InChI is InChI=1S/C11H9NO5S/c1-6(13)7-3-4-8-9(5-7)11(15)12(10(8)14)18(2,16)17/h3-5H,1-2H3. The van der Waals surface area contributed by atoms with Gasteiger partial charge in [-0.1, -0.05) is 6.07 Å². The van der Waals surface area contributed by atoms with Gasteiger partial charge in [-0.2, -0.15) is 4.31 Å². The monoisotopic (exact) mass is 267 g/mol. The van der Waals surface area contributed by atoms with Crippen LogP contribution in [0.1, 0.15) is 38.0 Å². The van der Waals surface area contributed by atoms with Gasteiger partial charge in [-0.25, -0.2) is 8.42 Å². The lowest BCUT2D eigenvalue weighted by molar-refractivity contribution is 0.0766. The molecule has 0 fully saturated rings. The molecular weight excluding hydrogens is 258 g/mol. The van der Waals surface area contributed by atoms with Crippen molar-refractivity contribution in [3.8, 4) is 0 Å². The molecule has 1 aliphatic heterocycles. The Morgan fingerprint density at radius 2 is 1.67 bits per heavy atom. The summed E-state index contributed by atoms with van der Waals surface area (Å²) in [7, 11) is -3.95. The first-order valence-electron chi connectivity index (χ1n) is 4.97. The molecule has 0 aromatic heterocycles. The second kappa shape index (κ2) is 3.74. The van der Waals surface area contributed by atoms with Crippen LogP contribution in [0.3, 0.4) is 0 Å². The normalized spacial score (nSPS) is 14.9. The SMILES string of the molecule is CC(=O)c1ccc2c(c1)C(=O)N(S(C)(=O)=O)C2=O. The zero-order valence-corrected chi connectivity index (χ0v) is 10.4. The number of imide groups is 1. The molecule has 1 heterocycles. The molecule has 0 aliphatic carbocycles. The Hall–Kier alpha value is -2.02. The molecule has 2 rings (SSSR count). The Bertz CT molecular complexity index is 689. The minimum atomic E-state index is -3.95. The summed E-state index contributed by atoms with van der Waals surface area (Å²) >= 11 is 0. The second-order valence-electron chi connectivity index (χ2n) is 3.95. The highest BCUT2D eigenvalue weighted by Crippen LogP contribution is 2.26. The van der Waals surface area contributed by atoms with Gasteiger partial charge in [-0.15, -0.1) is 0 Å². The van der Waals surface area contributed by atoms with Crippen molar-refractivity contribution >= 4 is 27.6 Å². The molecule has 0 unspecified atom stereocenters. The van der Waals surface area contributed by atoms with Crippen LogP contribution in [0.5, 0.6) is 0 Å². The van der Waals surface area contributed by atoms with Gasteiger partial charge in [0.25, 0.3) is 11.8 Å². The summed E-state index contributed by atoms with van der Waals surface area (Å²) in [6.45, 7) is 1.32. The van der Waals surface area contributed by atoms with E-state index in [1.54, 1.807) is 0 Å². The van der Waals surface area contributed by atoms with Crippen molar-refractivity contribution in [2.45, 2.75) is 6.92 Å². The lowest BCUT2D eigenvalue weighted by atomic mass is 10.0. The highest BCUT2D eigenvalue weighted by Gasteiger charge is 2.41. The van der Waals surface area contributed by atoms with Gasteiger partial charge in [0.05, 0.1) is 17.4 Å². The molecule has 0 saturated carbocycles. The average molecular weight is 267 g/mol. The van der Waals surface area contributed by atoms with Crippen molar-refractivity contribution in [2.24, 2.45) is 0 Å². The third kappa shape index (κ3) is 1.72. The van der Waals surface area contributed by atoms with E-state index in [2.05, 4.69) is 0 Å². The molecule has 1 aromatic rings. The van der Waals surface area contributed by atoms with E-state index >= 15 is 0 Å². The van der Waals surface area contributed by atoms with Crippen LogP contribution in [-0.2, 0) is 10.0 Å². The van der Waals surface area contributed by atoms with Crippen LogP contribution in [-0.4, -0.2) is 36.6 Å². The number of rotatable bonds is 2. The van der Waals surface area contributed by atoms with Gasteiger partial charge in [-0.05, 0) is 19.1 Å². The van der Waals surface area contributed by atoms with E-state index in [1.807, 2.05) is 0 Å². The van der Waals surface area contributed by atoms with Gasteiger partial charge >= 0.3 is 0 Å². The predicted octanol–water partition coefficient (Wildman–Crippen LogP) is 0.445. The number of hydrogen-bond acceptors (Lipinski definition) is 5. The summed E-state index contributed by atoms with van der Waals surface area (Å²) in [5.74, 6) is -2.07. The molecule has 0 bridgehead atoms. The number of benzene rings is 1. The lowest BCUT2D eigenvalue weighted by Gasteiger charge is -2.09.